The van der Waals surface area contributed by atoms with Gasteiger partial charge in [-0.05, 0) is 13.0 Å². The van der Waals surface area contributed by atoms with Gasteiger partial charge in [-0.25, -0.2) is 0 Å². The minimum atomic E-state index is -0.386. The lowest BCUT2D eigenvalue weighted by Gasteiger charge is -2.24. The molecule has 2 rings (SSSR count). The van der Waals surface area contributed by atoms with Crippen LogP contribution in [0.5, 0.6) is 0 Å². The molecule has 0 spiro atoms. The van der Waals surface area contributed by atoms with Crippen molar-refractivity contribution in [1.82, 2.24) is 0 Å². The highest BCUT2D eigenvalue weighted by atomic mass is 16.5. The maximum absolute atomic E-state index is 11.6. The van der Waals surface area contributed by atoms with Crippen molar-refractivity contribution in [2.75, 3.05) is 6.61 Å². The van der Waals surface area contributed by atoms with Gasteiger partial charge in [0.25, 0.3) is 0 Å². The molecule has 1 saturated heterocycles. The number of hydrogen-bond donors (Lipinski definition) is 0. The molecule has 0 aromatic heterocycles. The van der Waals surface area contributed by atoms with E-state index in [9.17, 15) is 4.79 Å². The quantitative estimate of drug-likeness (QED) is 0.568. The first-order valence-corrected chi connectivity index (χ1v) is 5.16. The molecule has 3 nitrogen and oxygen atoms in total. The van der Waals surface area contributed by atoms with Gasteiger partial charge in [-0.3, -0.25) is 4.79 Å². The maximum atomic E-state index is 11.6. The van der Waals surface area contributed by atoms with Gasteiger partial charge in [-0.1, -0.05) is 24.3 Å². The van der Waals surface area contributed by atoms with Crippen LogP contribution >= 0.6 is 0 Å². The molecule has 0 radical (unpaired) electrons. The van der Waals surface area contributed by atoms with Crippen LogP contribution in [0.4, 0.5) is 0 Å². The molecule has 0 amide bonds. The molecule has 1 fully saturated rings. The number of carbonyl (C=O) groups excluding carboxylic acids is 1. The molecule has 2 atom stereocenters. The molecule has 0 saturated carbocycles. The summed E-state index contributed by atoms with van der Waals surface area (Å²) in [5.41, 5.74) is 0. The predicted octanol–water partition coefficient (Wildman–Crippen LogP) is 1.96. The van der Waals surface area contributed by atoms with Gasteiger partial charge in [-0.15, -0.1) is 0 Å². The Labute approximate surface area is 89.1 Å². The lowest BCUT2D eigenvalue weighted by molar-refractivity contribution is -0.149. The van der Waals surface area contributed by atoms with Crippen LogP contribution in [0.15, 0.2) is 36.1 Å². The van der Waals surface area contributed by atoms with Gasteiger partial charge < -0.3 is 9.47 Å². The van der Waals surface area contributed by atoms with Crippen LogP contribution in [-0.4, -0.2) is 18.7 Å². The smallest absolute Gasteiger partial charge is 0.320 e. The second-order valence-corrected chi connectivity index (χ2v) is 3.70. The zero-order valence-electron chi connectivity index (χ0n) is 8.68. The monoisotopic (exact) mass is 206 g/mol. The lowest BCUT2D eigenvalue weighted by Crippen LogP contribution is -2.26. The van der Waals surface area contributed by atoms with Crippen LogP contribution in [-0.2, 0) is 14.3 Å². The first-order valence-electron chi connectivity index (χ1n) is 5.16. The Bertz CT molecular complexity index is 339. The topological polar surface area (TPSA) is 35.5 Å². The summed E-state index contributed by atoms with van der Waals surface area (Å²) < 4.78 is 10.8. The van der Waals surface area contributed by atoms with E-state index in [1.165, 1.54) is 0 Å². The van der Waals surface area contributed by atoms with E-state index in [2.05, 4.69) is 0 Å². The fraction of sp³-hybridized carbons (Fsp3) is 0.417. The third-order valence-electron chi connectivity index (χ3n) is 2.45. The minimum Gasteiger partial charge on any atom is -0.494 e. The number of carbonyl (C=O) groups is 1. The van der Waals surface area contributed by atoms with Crippen LogP contribution in [0, 0.1) is 5.92 Å². The first-order chi connectivity index (χ1) is 7.27. The average Bonchev–Trinajstić information content (AvgIpc) is 2.41. The summed E-state index contributed by atoms with van der Waals surface area (Å²) in [5, 5.41) is 0. The molecule has 0 N–H and O–H groups in total. The zero-order valence-corrected chi connectivity index (χ0v) is 8.68. The third-order valence-corrected chi connectivity index (χ3v) is 2.45. The summed E-state index contributed by atoms with van der Waals surface area (Å²) >= 11 is 0. The number of cyclic esters (lactones) is 1. The summed E-state index contributed by atoms with van der Waals surface area (Å²) in [4.78, 5) is 11.6. The number of rotatable bonds is 0. The Balaban J connectivity index is 2.26. The molecule has 1 heterocycles. The van der Waals surface area contributed by atoms with E-state index in [1.807, 2.05) is 31.2 Å². The highest BCUT2D eigenvalue weighted by molar-refractivity contribution is 5.78. The van der Waals surface area contributed by atoms with Crippen molar-refractivity contribution >= 4 is 5.97 Å². The number of fused-ring (bicyclic) bond motifs is 1. The van der Waals surface area contributed by atoms with E-state index in [0.717, 1.165) is 6.42 Å². The first kappa shape index (κ1) is 10.0. The zero-order chi connectivity index (χ0) is 10.7. The van der Waals surface area contributed by atoms with E-state index in [1.54, 1.807) is 6.08 Å². The van der Waals surface area contributed by atoms with Crippen LogP contribution < -0.4 is 0 Å². The van der Waals surface area contributed by atoms with Gasteiger partial charge in [-0.2, -0.15) is 0 Å². The standard InChI is InChI=1S/C12H14O3/c1-9-7-8-14-12(13)10-5-3-2-4-6-11(10)15-9/h2-6,9-10H,7-8H2,1H3/t9-,10+/m0/s1. The maximum Gasteiger partial charge on any atom is 0.320 e. The van der Waals surface area contributed by atoms with E-state index in [0.29, 0.717) is 12.4 Å². The summed E-state index contributed by atoms with van der Waals surface area (Å²) in [7, 11) is 0. The summed E-state index contributed by atoms with van der Waals surface area (Å²) in [6, 6.07) is 0. The highest BCUT2D eigenvalue weighted by Gasteiger charge is 2.27. The van der Waals surface area contributed by atoms with Crippen LogP contribution in [0.1, 0.15) is 13.3 Å². The number of hydrogen-bond acceptors (Lipinski definition) is 3. The molecular formula is C12H14O3. The van der Waals surface area contributed by atoms with Crippen LogP contribution in [0.3, 0.4) is 0 Å². The molecule has 1 aliphatic heterocycles. The largest absolute Gasteiger partial charge is 0.494 e. The van der Waals surface area contributed by atoms with Crippen molar-refractivity contribution in [3.8, 4) is 0 Å². The Morgan fingerprint density at radius 2 is 2.20 bits per heavy atom. The number of allylic oxidation sites excluding steroid dienone is 4. The molecule has 1 aliphatic carbocycles. The van der Waals surface area contributed by atoms with E-state index < -0.39 is 0 Å². The second kappa shape index (κ2) is 4.34. The molecule has 0 aromatic rings. The molecule has 3 heteroatoms. The summed E-state index contributed by atoms with van der Waals surface area (Å²) in [6.45, 7) is 2.42. The van der Waals surface area contributed by atoms with Gasteiger partial charge in [0.2, 0.25) is 0 Å². The van der Waals surface area contributed by atoms with Crippen LogP contribution in [0.2, 0.25) is 0 Å². The fourth-order valence-electron chi connectivity index (χ4n) is 1.60. The van der Waals surface area contributed by atoms with Crippen molar-refractivity contribution in [3.63, 3.8) is 0 Å². The SMILES string of the molecule is C[C@H]1CCOC(=O)[C@@H]2C=CC=CC=C2O1. The van der Waals surface area contributed by atoms with E-state index in [-0.39, 0.29) is 18.0 Å². The van der Waals surface area contributed by atoms with E-state index in [4.69, 9.17) is 9.47 Å². The molecule has 2 aliphatic rings. The number of ether oxygens (including phenoxy) is 2. The van der Waals surface area contributed by atoms with E-state index >= 15 is 0 Å². The lowest BCUT2D eigenvalue weighted by atomic mass is 10.1. The van der Waals surface area contributed by atoms with Gasteiger partial charge in [0.15, 0.2) is 0 Å². The average molecular weight is 206 g/mol. The predicted molar refractivity (Wildman–Crippen MR) is 56.0 cm³/mol. The van der Waals surface area contributed by atoms with Crippen molar-refractivity contribution in [2.45, 2.75) is 19.4 Å². The highest BCUT2D eigenvalue weighted by Crippen LogP contribution is 2.23. The normalized spacial score (nSPS) is 30.2. The molecule has 0 aromatic carbocycles. The van der Waals surface area contributed by atoms with Gasteiger partial charge in [0, 0.05) is 6.42 Å². The molecule has 0 unspecified atom stereocenters. The Morgan fingerprint density at radius 1 is 1.33 bits per heavy atom. The number of esters is 1. The van der Waals surface area contributed by atoms with Gasteiger partial charge >= 0.3 is 5.97 Å². The Hall–Kier alpha value is -1.51. The Kier molecular flexibility index (Phi) is 2.90. The molecule has 80 valence electrons. The van der Waals surface area contributed by atoms with Gasteiger partial charge in [0.05, 0.1) is 12.7 Å². The summed E-state index contributed by atoms with van der Waals surface area (Å²) in [5.74, 6) is 0.0630. The second-order valence-electron chi connectivity index (χ2n) is 3.70. The van der Waals surface area contributed by atoms with Crippen molar-refractivity contribution in [3.05, 3.63) is 36.1 Å². The van der Waals surface area contributed by atoms with Crippen molar-refractivity contribution in [1.29, 1.82) is 0 Å². The van der Waals surface area contributed by atoms with Crippen LogP contribution in [0.25, 0.3) is 0 Å². The van der Waals surface area contributed by atoms with Crippen molar-refractivity contribution < 1.29 is 14.3 Å². The van der Waals surface area contributed by atoms with Crippen molar-refractivity contribution in [2.24, 2.45) is 5.92 Å². The molecule has 15 heavy (non-hydrogen) atoms. The molecule has 0 bridgehead atoms. The third kappa shape index (κ3) is 2.29. The Morgan fingerprint density at radius 3 is 3.07 bits per heavy atom. The molecular weight excluding hydrogens is 192 g/mol. The fourth-order valence-corrected chi connectivity index (χ4v) is 1.60. The minimum absolute atomic E-state index is 0.0896. The van der Waals surface area contributed by atoms with Gasteiger partial charge in [0.1, 0.15) is 11.7 Å². The summed E-state index contributed by atoms with van der Waals surface area (Å²) in [6.07, 6.45) is 10.0.